The van der Waals surface area contributed by atoms with Crippen molar-refractivity contribution in [3.05, 3.63) is 75.6 Å². The number of halogens is 1. The molecular formula is C23H22ClNO3S. The lowest BCUT2D eigenvalue weighted by Crippen LogP contribution is -2.15. The highest BCUT2D eigenvalue weighted by molar-refractivity contribution is 7.15. The third-order valence-electron chi connectivity index (χ3n) is 4.50. The van der Waals surface area contributed by atoms with Crippen molar-refractivity contribution in [3.8, 4) is 11.1 Å². The first kappa shape index (κ1) is 21.1. The maximum atomic E-state index is 12.7. The van der Waals surface area contributed by atoms with Crippen LogP contribution in [0.3, 0.4) is 0 Å². The van der Waals surface area contributed by atoms with Gasteiger partial charge in [0.1, 0.15) is 10.6 Å². The molecule has 0 saturated carbocycles. The van der Waals surface area contributed by atoms with Gasteiger partial charge in [0.2, 0.25) is 0 Å². The molecule has 2 aromatic carbocycles. The van der Waals surface area contributed by atoms with E-state index in [1.165, 1.54) is 16.9 Å². The van der Waals surface area contributed by atoms with Crippen molar-refractivity contribution in [1.29, 1.82) is 0 Å². The predicted octanol–water partition coefficient (Wildman–Crippen LogP) is 6.62. The third kappa shape index (κ3) is 4.69. The van der Waals surface area contributed by atoms with Crippen molar-refractivity contribution in [1.82, 2.24) is 0 Å². The Morgan fingerprint density at radius 1 is 1.10 bits per heavy atom. The number of benzene rings is 2. The van der Waals surface area contributed by atoms with Gasteiger partial charge < -0.3 is 10.1 Å². The Bertz CT molecular complexity index is 1020. The number of amides is 1. The Hall–Kier alpha value is -2.63. The van der Waals surface area contributed by atoms with Crippen LogP contribution in [0.5, 0.6) is 0 Å². The second-order valence-electron chi connectivity index (χ2n) is 6.78. The summed E-state index contributed by atoms with van der Waals surface area (Å²) in [7, 11) is 0. The van der Waals surface area contributed by atoms with Crippen molar-refractivity contribution >= 4 is 39.8 Å². The third-order valence-corrected chi connectivity index (χ3v) is 5.73. The molecule has 6 heteroatoms. The minimum absolute atomic E-state index is 0.248. The van der Waals surface area contributed by atoms with E-state index in [9.17, 15) is 9.59 Å². The van der Waals surface area contributed by atoms with Crippen LogP contribution in [-0.2, 0) is 4.74 Å². The van der Waals surface area contributed by atoms with Crippen LogP contribution in [0.25, 0.3) is 11.1 Å². The molecule has 1 aromatic heterocycles. The number of ether oxygens (including phenoxy) is 1. The quantitative estimate of drug-likeness (QED) is 0.449. The summed E-state index contributed by atoms with van der Waals surface area (Å²) in [6, 6.07) is 14.9. The van der Waals surface area contributed by atoms with Crippen LogP contribution in [0.2, 0.25) is 5.02 Å². The Labute approximate surface area is 179 Å². The van der Waals surface area contributed by atoms with E-state index < -0.39 is 5.97 Å². The zero-order chi connectivity index (χ0) is 21.0. The summed E-state index contributed by atoms with van der Waals surface area (Å²) in [5.74, 6) is -0.419. The molecule has 0 aliphatic rings. The van der Waals surface area contributed by atoms with Crippen LogP contribution in [0.15, 0.2) is 53.9 Å². The van der Waals surface area contributed by atoms with Gasteiger partial charge in [-0.3, -0.25) is 4.79 Å². The molecule has 0 aliphatic heterocycles. The fourth-order valence-corrected chi connectivity index (χ4v) is 4.11. The van der Waals surface area contributed by atoms with Gasteiger partial charge >= 0.3 is 5.97 Å². The Kier molecular flexibility index (Phi) is 6.72. The van der Waals surface area contributed by atoms with Crippen LogP contribution in [-0.4, -0.2) is 18.5 Å². The summed E-state index contributed by atoms with van der Waals surface area (Å²) in [5.41, 5.74) is 3.55. The van der Waals surface area contributed by atoms with Crippen molar-refractivity contribution in [2.45, 2.75) is 26.7 Å². The number of hydrogen-bond donors (Lipinski definition) is 1. The summed E-state index contributed by atoms with van der Waals surface area (Å²) in [5, 5.41) is 5.47. The maximum Gasteiger partial charge on any atom is 0.341 e. The highest BCUT2D eigenvalue weighted by Crippen LogP contribution is 2.37. The maximum absolute atomic E-state index is 12.7. The second kappa shape index (κ2) is 9.25. The predicted molar refractivity (Wildman–Crippen MR) is 119 cm³/mol. The molecule has 0 unspecified atom stereocenters. The van der Waals surface area contributed by atoms with E-state index in [1.807, 2.05) is 17.5 Å². The normalized spacial score (nSPS) is 10.8. The fraction of sp³-hybridized carbons (Fsp3) is 0.217. The molecular weight excluding hydrogens is 406 g/mol. The first-order valence-electron chi connectivity index (χ1n) is 9.37. The number of hydrogen-bond acceptors (Lipinski definition) is 4. The molecule has 1 N–H and O–H groups in total. The van der Waals surface area contributed by atoms with Crippen molar-refractivity contribution in [2.24, 2.45) is 0 Å². The van der Waals surface area contributed by atoms with Gasteiger partial charge in [0, 0.05) is 10.9 Å². The molecule has 0 aliphatic carbocycles. The van der Waals surface area contributed by atoms with E-state index in [4.69, 9.17) is 16.3 Å². The van der Waals surface area contributed by atoms with E-state index in [1.54, 1.807) is 31.2 Å². The number of thiophene rings is 1. The highest BCUT2D eigenvalue weighted by atomic mass is 35.5. The topological polar surface area (TPSA) is 55.4 Å². The summed E-state index contributed by atoms with van der Waals surface area (Å²) < 4.78 is 5.25. The van der Waals surface area contributed by atoms with Gasteiger partial charge in [-0.15, -0.1) is 11.3 Å². The molecule has 3 aromatic rings. The smallest absolute Gasteiger partial charge is 0.341 e. The number of anilines is 1. The molecule has 4 nitrogen and oxygen atoms in total. The average molecular weight is 428 g/mol. The van der Waals surface area contributed by atoms with Crippen LogP contribution in [0.4, 0.5) is 5.00 Å². The number of carbonyl (C=O) groups is 2. The zero-order valence-corrected chi connectivity index (χ0v) is 18.1. The van der Waals surface area contributed by atoms with E-state index in [2.05, 4.69) is 31.3 Å². The number of esters is 1. The molecule has 1 heterocycles. The number of rotatable bonds is 6. The Balaban J connectivity index is 1.99. The average Bonchev–Trinajstić information content (AvgIpc) is 3.12. The first-order chi connectivity index (χ1) is 13.9. The van der Waals surface area contributed by atoms with Gasteiger partial charge in [0.25, 0.3) is 5.91 Å². The van der Waals surface area contributed by atoms with Crippen molar-refractivity contribution < 1.29 is 14.3 Å². The molecule has 0 radical (unpaired) electrons. The van der Waals surface area contributed by atoms with Gasteiger partial charge in [-0.25, -0.2) is 4.79 Å². The number of nitrogens with one attached hydrogen (secondary N) is 1. The molecule has 29 heavy (non-hydrogen) atoms. The van der Waals surface area contributed by atoms with Gasteiger partial charge in [0.05, 0.1) is 17.2 Å². The summed E-state index contributed by atoms with van der Waals surface area (Å²) in [6.07, 6.45) is 0. The largest absolute Gasteiger partial charge is 0.462 e. The Morgan fingerprint density at radius 2 is 1.79 bits per heavy atom. The Morgan fingerprint density at radius 3 is 2.41 bits per heavy atom. The first-order valence-corrected chi connectivity index (χ1v) is 10.6. The minimum atomic E-state index is -0.467. The lowest BCUT2D eigenvalue weighted by molar-refractivity contribution is 0.0529. The summed E-state index contributed by atoms with van der Waals surface area (Å²) >= 11 is 7.42. The lowest BCUT2D eigenvalue weighted by Gasteiger charge is -2.10. The minimum Gasteiger partial charge on any atom is -0.462 e. The molecule has 0 atom stereocenters. The van der Waals surface area contributed by atoms with E-state index in [0.717, 1.165) is 11.1 Å². The van der Waals surface area contributed by atoms with Gasteiger partial charge in [-0.2, -0.15) is 0 Å². The molecule has 3 rings (SSSR count). The van der Waals surface area contributed by atoms with Crippen LogP contribution >= 0.6 is 22.9 Å². The molecule has 0 bridgehead atoms. The standard InChI is InChI=1S/C23H22ClNO3S/c1-4-28-23(27)20-18(16-11-9-15(10-12-16)14(2)3)13-29-22(20)25-21(26)17-7-5-6-8-19(17)24/h5-14H,4H2,1-3H3,(H,25,26). The summed E-state index contributed by atoms with van der Waals surface area (Å²) in [4.78, 5) is 25.4. The zero-order valence-electron chi connectivity index (χ0n) is 16.5. The van der Waals surface area contributed by atoms with Crippen LogP contribution in [0, 0.1) is 0 Å². The lowest BCUT2D eigenvalue weighted by atomic mass is 9.98. The number of carbonyl (C=O) groups excluding carboxylic acids is 2. The molecule has 150 valence electrons. The van der Waals surface area contributed by atoms with E-state index in [-0.39, 0.29) is 12.5 Å². The SMILES string of the molecule is CCOC(=O)c1c(-c2ccc(C(C)C)cc2)csc1NC(=O)c1ccccc1Cl. The highest BCUT2D eigenvalue weighted by Gasteiger charge is 2.23. The van der Waals surface area contributed by atoms with Gasteiger partial charge in [-0.05, 0) is 36.1 Å². The fourth-order valence-electron chi connectivity index (χ4n) is 2.93. The van der Waals surface area contributed by atoms with Crippen LogP contribution in [0.1, 0.15) is 53.0 Å². The molecule has 0 fully saturated rings. The molecule has 0 saturated heterocycles. The molecule has 0 spiro atoms. The van der Waals surface area contributed by atoms with Crippen molar-refractivity contribution in [3.63, 3.8) is 0 Å². The van der Waals surface area contributed by atoms with E-state index >= 15 is 0 Å². The van der Waals surface area contributed by atoms with E-state index in [0.29, 0.717) is 27.1 Å². The van der Waals surface area contributed by atoms with Crippen LogP contribution < -0.4 is 5.32 Å². The monoisotopic (exact) mass is 427 g/mol. The van der Waals surface area contributed by atoms with Gasteiger partial charge in [0.15, 0.2) is 0 Å². The summed E-state index contributed by atoms with van der Waals surface area (Å²) in [6.45, 7) is 6.26. The second-order valence-corrected chi connectivity index (χ2v) is 8.07. The van der Waals surface area contributed by atoms with Gasteiger partial charge in [-0.1, -0.05) is 61.8 Å². The molecule has 1 amide bonds. The van der Waals surface area contributed by atoms with Crippen molar-refractivity contribution in [2.75, 3.05) is 11.9 Å².